The summed E-state index contributed by atoms with van der Waals surface area (Å²) >= 11 is 0.665. The molecule has 0 aliphatic heterocycles. The Balaban J connectivity index is 1.78. The summed E-state index contributed by atoms with van der Waals surface area (Å²) in [6, 6.07) is 11.7. The molecule has 10 heteroatoms. The molecule has 0 saturated heterocycles. The molecule has 3 aromatic rings. The van der Waals surface area contributed by atoms with Crippen molar-refractivity contribution in [2.45, 2.75) is 11.3 Å². The molecule has 4 nitrogen and oxygen atoms in total. The first-order chi connectivity index (χ1) is 13.7. The maximum atomic E-state index is 13.6. The van der Waals surface area contributed by atoms with Crippen molar-refractivity contribution < 1.29 is 26.7 Å². The third-order valence-corrected chi connectivity index (χ3v) is 4.45. The van der Waals surface area contributed by atoms with Gasteiger partial charge in [0.2, 0.25) is 5.91 Å². The second-order valence-electron chi connectivity index (χ2n) is 5.75. The highest BCUT2D eigenvalue weighted by Crippen LogP contribution is 2.32. The van der Waals surface area contributed by atoms with E-state index in [0.717, 1.165) is 18.2 Å². The van der Waals surface area contributed by atoms with Crippen molar-refractivity contribution in [3.8, 4) is 11.3 Å². The van der Waals surface area contributed by atoms with Crippen LogP contribution in [0.2, 0.25) is 0 Å². The number of rotatable bonds is 5. The van der Waals surface area contributed by atoms with Gasteiger partial charge in [-0.05, 0) is 18.2 Å². The zero-order chi connectivity index (χ0) is 21.0. The van der Waals surface area contributed by atoms with E-state index in [0.29, 0.717) is 23.4 Å². The number of hydrogen-bond acceptors (Lipinski definition) is 4. The van der Waals surface area contributed by atoms with Crippen LogP contribution >= 0.6 is 11.8 Å². The molecule has 1 aromatic heterocycles. The average Bonchev–Trinajstić information content (AvgIpc) is 2.68. The molecule has 0 aliphatic carbocycles. The van der Waals surface area contributed by atoms with Gasteiger partial charge in [0.1, 0.15) is 17.3 Å². The normalized spacial score (nSPS) is 11.3. The molecular formula is C19H12F5N3OS. The van der Waals surface area contributed by atoms with Crippen molar-refractivity contribution in [1.29, 1.82) is 0 Å². The lowest BCUT2D eigenvalue weighted by Crippen LogP contribution is -2.16. The van der Waals surface area contributed by atoms with Gasteiger partial charge >= 0.3 is 6.18 Å². The summed E-state index contributed by atoms with van der Waals surface area (Å²) in [6.45, 7) is 0. The minimum absolute atomic E-state index is 0.0559. The fourth-order valence-electron chi connectivity index (χ4n) is 2.30. The summed E-state index contributed by atoms with van der Waals surface area (Å²) in [4.78, 5) is 19.5. The Morgan fingerprint density at radius 1 is 1.00 bits per heavy atom. The highest BCUT2D eigenvalue weighted by Gasteiger charge is 2.34. The first kappa shape index (κ1) is 20.7. The van der Waals surface area contributed by atoms with Crippen molar-refractivity contribution in [3.63, 3.8) is 0 Å². The molecule has 0 spiro atoms. The second kappa shape index (κ2) is 8.56. The van der Waals surface area contributed by atoms with E-state index in [9.17, 15) is 26.7 Å². The Kier molecular flexibility index (Phi) is 6.12. The average molecular weight is 425 g/mol. The van der Waals surface area contributed by atoms with E-state index in [1.807, 2.05) is 0 Å². The van der Waals surface area contributed by atoms with Gasteiger partial charge in [-0.25, -0.2) is 18.7 Å². The van der Waals surface area contributed by atoms with Crippen LogP contribution in [0.5, 0.6) is 0 Å². The smallest absolute Gasteiger partial charge is 0.323 e. The summed E-state index contributed by atoms with van der Waals surface area (Å²) < 4.78 is 66.0. The Morgan fingerprint density at radius 3 is 2.38 bits per heavy atom. The van der Waals surface area contributed by atoms with Gasteiger partial charge in [-0.3, -0.25) is 4.79 Å². The summed E-state index contributed by atoms with van der Waals surface area (Å²) in [5.41, 5.74) is -0.869. The zero-order valence-corrected chi connectivity index (χ0v) is 15.3. The number of nitrogens with one attached hydrogen (secondary N) is 1. The van der Waals surface area contributed by atoms with Gasteiger partial charge in [0.25, 0.3) is 0 Å². The van der Waals surface area contributed by atoms with Crippen LogP contribution in [0.3, 0.4) is 0 Å². The molecule has 2 aromatic carbocycles. The van der Waals surface area contributed by atoms with E-state index in [4.69, 9.17) is 0 Å². The number of thioether (sulfide) groups is 1. The fraction of sp³-hybridized carbons (Fsp3) is 0.105. The standard InChI is InChI=1S/C19H12F5N3OS/c20-12-6-7-14(13(21)8-12)25-17(28)10-29-18-26-15(11-4-2-1-3-5-11)9-16(27-18)19(22,23)24/h1-9H,10H2,(H,25,28). The van der Waals surface area contributed by atoms with Crippen LogP contribution < -0.4 is 5.32 Å². The molecule has 0 aliphatic rings. The first-order valence-corrected chi connectivity index (χ1v) is 9.10. The van der Waals surface area contributed by atoms with Crippen LogP contribution in [-0.2, 0) is 11.0 Å². The highest BCUT2D eigenvalue weighted by atomic mass is 32.2. The molecule has 150 valence electrons. The number of carbonyl (C=O) groups is 1. The Labute approximate surface area is 166 Å². The number of benzene rings is 2. The van der Waals surface area contributed by atoms with Gasteiger partial charge in [0.05, 0.1) is 17.1 Å². The number of halogens is 5. The maximum Gasteiger partial charge on any atom is 0.433 e. The van der Waals surface area contributed by atoms with Crippen LogP contribution in [0.25, 0.3) is 11.3 Å². The minimum Gasteiger partial charge on any atom is -0.323 e. The second-order valence-corrected chi connectivity index (χ2v) is 6.69. The van der Waals surface area contributed by atoms with Gasteiger partial charge in [-0.2, -0.15) is 13.2 Å². The number of carbonyl (C=O) groups excluding carboxylic acids is 1. The number of hydrogen-bond donors (Lipinski definition) is 1. The molecule has 0 saturated carbocycles. The van der Waals surface area contributed by atoms with Crippen molar-refractivity contribution in [3.05, 3.63) is 71.9 Å². The Morgan fingerprint density at radius 2 is 1.72 bits per heavy atom. The number of alkyl halides is 3. The molecule has 0 radical (unpaired) electrons. The summed E-state index contributed by atoms with van der Waals surface area (Å²) in [7, 11) is 0. The molecule has 0 fully saturated rings. The summed E-state index contributed by atoms with van der Waals surface area (Å²) in [6.07, 6.45) is -4.69. The van der Waals surface area contributed by atoms with Crippen LogP contribution in [0.4, 0.5) is 27.6 Å². The van der Waals surface area contributed by atoms with E-state index < -0.39 is 29.4 Å². The number of aromatic nitrogens is 2. The lowest BCUT2D eigenvalue weighted by Gasteiger charge is -2.11. The van der Waals surface area contributed by atoms with E-state index in [1.165, 1.54) is 0 Å². The van der Waals surface area contributed by atoms with Gasteiger partial charge in [0, 0.05) is 11.6 Å². The van der Waals surface area contributed by atoms with Crippen molar-refractivity contribution in [2.24, 2.45) is 0 Å². The topological polar surface area (TPSA) is 54.9 Å². The third-order valence-electron chi connectivity index (χ3n) is 3.60. The van der Waals surface area contributed by atoms with E-state index >= 15 is 0 Å². The van der Waals surface area contributed by atoms with Crippen molar-refractivity contribution in [1.82, 2.24) is 9.97 Å². The van der Waals surface area contributed by atoms with Crippen LogP contribution in [-0.4, -0.2) is 21.6 Å². The molecule has 0 bridgehead atoms. The summed E-state index contributed by atoms with van der Waals surface area (Å²) in [5, 5.41) is 1.96. The molecule has 29 heavy (non-hydrogen) atoms. The predicted octanol–water partition coefficient (Wildman–Crippen LogP) is 5.17. The molecule has 0 atom stereocenters. The quantitative estimate of drug-likeness (QED) is 0.348. The highest BCUT2D eigenvalue weighted by molar-refractivity contribution is 7.99. The molecular weight excluding hydrogens is 413 g/mol. The fourth-order valence-corrected chi connectivity index (χ4v) is 2.96. The molecule has 0 unspecified atom stereocenters. The summed E-state index contributed by atoms with van der Waals surface area (Å²) in [5.74, 6) is -2.85. The monoisotopic (exact) mass is 425 g/mol. The van der Waals surface area contributed by atoms with E-state index in [2.05, 4.69) is 15.3 Å². The number of nitrogens with zero attached hydrogens (tertiary/aromatic N) is 2. The molecule has 1 N–H and O–H groups in total. The largest absolute Gasteiger partial charge is 0.433 e. The Bertz CT molecular complexity index is 1030. The third kappa shape index (κ3) is 5.50. The van der Waals surface area contributed by atoms with E-state index in [1.54, 1.807) is 30.3 Å². The van der Waals surface area contributed by atoms with Gasteiger partial charge < -0.3 is 5.32 Å². The van der Waals surface area contributed by atoms with Crippen molar-refractivity contribution >= 4 is 23.4 Å². The Hall–Kier alpha value is -3.01. The maximum absolute atomic E-state index is 13.6. The van der Waals surface area contributed by atoms with Gasteiger partial charge in [-0.1, -0.05) is 42.1 Å². The lowest BCUT2D eigenvalue weighted by molar-refractivity contribution is -0.141. The number of amides is 1. The minimum atomic E-state index is -4.69. The van der Waals surface area contributed by atoms with Crippen LogP contribution in [0, 0.1) is 11.6 Å². The molecule has 1 heterocycles. The molecule has 1 amide bonds. The van der Waals surface area contributed by atoms with E-state index in [-0.39, 0.29) is 22.3 Å². The molecule has 3 rings (SSSR count). The number of anilines is 1. The van der Waals surface area contributed by atoms with Crippen LogP contribution in [0.1, 0.15) is 5.69 Å². The van der Waals surface area contributed by atoms with Crippen LogP contribution in [0.15, 0.2) is 59.8 Å². The SMILES string of the molecule is O=C(CSc1nc(-c2ccccc2)cc(C(F)(F)F)n1)Nc1ccc(F)cc1F. The predicted molar refractivity (Wildman–Crippen MR) is 98.2 cm³/mol. The van der Waals surface area contributed by atoms with Gasteiger partial charge in [0.15, 0.2) is 5.16 Å². The van der Waals surface area contributed by atoms with Crippen molar-refractivity contribution in [2.75, 3.05) is 11.1 Å². The first-order valence-electron chi connectivity index (χ1n) is 8.12. The lowest BCUT2D eigenvalue weighted by atomic mass is 10.1. The van der Waals surface area contributed by atoms with Gasteiger partial charge in [-0.15, -0.1) is 0 Å². The zero-order valence-electron chi connectivity index (χ0n) is 14.5.